The number of pyridine rings is 1. The highest BCUT2D eigenvalue weighted by molar-refractivity contribution is 6.32. The van der Waals surface area contributed by atoms with E-state index in [0.29, 0.717) is 42.0 Å². The Hall–Kier alpha value is -2.93. The van der Waals surface area contributed by atoms with Crippen molar-refractivity contribution in [3.8, 4) is 0 Å². The van der Waals surface area contributed by atoms with Crippen molar-refractivity contribution in [3.63, 3.8) is 0 Å². The van der Waals surface area contributed by atoms with Crippen molar-refractivity contribution in [3.05, 3.63) is 58.5 Å². The van der Waals surface area contributed by atoms with Crippen LogP contribution in [0.1, 0.15) is 79.4 Å². The van der Waals surface area contributed by atoms with Crippen molar-refractivity contribution < 1.29 is 14.3 Å². The zero-order valence-electron chi connectivity index (χ0n) is 20.0. The molecule has 3 aromatic rings. The molecule has 35 heavy (non-hydrogen) atoms. The first-order chi connectivity index (χ1) is 17.0. The van der Waals surface area contributed by atoms with E-state index in [1.165, 1.54) is 18.4 Å². The van der Waals surface area contributed by atoms with Crippen LogP contribution in [-0.4, -0.2) is 39.3 Å². The second kappa shape index (κ2) is 10.4. The minimum Gasteiger partial charge on any atom is -0.466 e. The van der Waals surface area contributed by atoms with Gasteiger partial charge in [-0.2, -0.15) is 5.10 Å². The Labute approximate surface area is 210 Å². The predicted molar refractivity (Wildman–Crippen MR) is 135 cm³/mol. The van der Waals surface area contributed by atoms with Crippen molar-refractivity contribution in [2.24, 2.45) is 5.92 Å². The van der Waals surface area contributed by atoms with Crippen LogP contribution in [-0.2, 0) is 16.1 Å². The lowest BCUT2D eigenvalue weighted by Crippen LogP contribution is -2.38. The Bertz CT molecular complexity index is 1210. The SMILES string of the molecule is CCOC(=O)CC1CCC(NC(=O)c2cc(Cl)cc3cnn(Cc4ccc(C5CC5)cn4)c23)CC1. The highest BCUT2D eigenvalue weighted by Crippen LogP contribution is 2.39. The molecule has 1 aromatic carbocycles. The number of nitrogens with zero attached hydrogens (tertiary/aromatic N) is 3. The van der Waals surface area contributed by atoms with Gasteiger partial charge in [-0.25, -0.2) is 0 Å². The maximum atomic E-state index is 13.4. The predicted octanol–water partition coefficient (Wildman–Crippen LogP) is 5.25. The fourth-order valence-corrected chi connectivity index (χ4v) is 5.29. The van der Waals surface area contributed by atoms with Gasteiger partial charge < -0.3 is 10.1 Å². The summed E-state index contributed by atoms with van der Waals surface area (Å²) in [5.41, 5.74) is 3.48. The number of hydrogen-bond acceptors (Lipinski definition) is 5. The smallest absolute Gasteiger partial charge is 0.306 e. The van der Waals surface area contributed by atoms with Crippen LogP contribution in [0.5, 0.6) is 0 Å². The van der Waals surface area contributed by atoms with E-state index in [2.05, 4.69) is 21.5 Å². The summed E-state index contributed by atoms with van der Waals surface area (Å²) in [6.07, 6.45) is 10.1. The molecular weight excluding hydrogens is 464 g/mol. The van der Waals surface area contributed by atoms with Gasteiger partial charge in [-0.15, -0.1) is 0 Å². The number of amides is 1. The maximum Gasteiger partial charge on any atom is 0.306 e. The van der Waals surface area contributed by atoms with Gasteiger partial charge in [-0.1, -0.05) is 17.7 Å². The molecule has 184 valence electrons. The summed E-state index contributed by atoms with van der Waals surface area (Å²) in [5, 5.41) is 9.06. The molecule has 2 aliphatic rings. The Morgan fingerprint density at radius 1 is 1.11 bits per heavy atom. The minimum absolute atomic E-state index is 0.0722. The van der Waals surface area contributed by atoms with Crippen LogP contribution in [0.3, 0.4) is 0 Å². The van der Waals surface area contributed by atoms with Gasteiger partial charge in [0, 0.05) is 29.1 Å². The van der Waals surface area contributed by atoms with E-state index in [1.807, 2.05) is 29.9 Å². The average molecular weight is 495 g/mol. The van der Waals surface area contributed by atoms with Gasteiger partial charge in [0.1, 0.15) is 0 Å². The van der Waals surface area contributed by atoms with E-state index in [4.69, 9.17) is 16.3 Å². The van der Waals surface area contributed by atoms with Crippen LogP contribution in [0.15, 0.2) is 36.7 Å². The van der Waals surface area contributed by atoms with Gasteiger partial charge in [0.15, 0.2) is 0 Å². The molecule has 5 rings (SSSR count). The zero-order valence-corrected chi connectivity index (χ0v) is 20.8. The molecule has 0 spiro atoms. The summed E-state index contributed by atoms with van der Waals surface area (Å²) in [6.45, 7) is 2.72. The quantitative estimate of drug-likeness (QED) is 0.432. The Morgan fingerprint density at radius 3 is 2.60 bits per heavy atom. The number of rotatable bonds is 8. The first kappa shape index (κ1) is 23.8. The summed E-state index contributed by atoms with van der Waals surface area (Å²) in [7, 11) is 0. The molecule has 2 aromatic heterocycles. The third-order valence-corrected chi connectivity index (χ3v) is 7.31. The molecule has 1 N–H and O–H groups in total. The zero-order chi connectivity index (χ0) is 24.4. The molecule has 2 saturated carbocycles. The first-order valence-corrected chi connectivity index (χ1v) is 12.9. The minimum atomic E-state index is -0.148. The van der Waals surface area contributed by atoms with Crippen LogP contribution in [0.2, 0.25) is 5.02 Å². The van der Waals surface area contributed by atoms with Gasteiger partial charge in [-0.05, 0) is 81.0 Å². The highest BCUT2D eigenvalue weighted by atomic mass is 35.5. The number of carbonyl (C=O) groups is 2. The molecule has 0 atom stereocenters. The van der Waals surface area contributed by atoms with Crippen LogP contribution in [0, 0.1) is 5.92 Å². The third kappa shape index (κ3) is 5.67. The summed E-state index contributed by atoms with van der Waals surface area (Å²) < 4.78 is 6.91. The number of benzene rings is 1. The van der Waals surface area contributed by atoms with Gasteiger partial charge in [0.25, 0.3) is 5.91 Å². The van der Waals surface area contributed by atoms with Gasteiger partial charge in [-0.3, -0.25) is 19.3 Å². The lowest BCUT2D eigenvalue weighted by atomic mass is 9.84. The molecule has 0 radical (unpaired) electrons. The molecule has 2 aliphatic carbocycles. The van der Waals surface area contributed by atoms with Crippen molar-refractivity contribution in [1.29, 1.82) is 0 Å². The molecule has 7 nitrogen and oxygen atoms in total. The van der Waals surface area contributed by atoms with E-state index < -0.39 is 0 Å². The Kier molecular flexibility index (Phi) is 7.04. The molecule has 2 fully saturated rings. The number of hydrogen-bond donors (Lipinski definition) is 1. The molecule has 2 heterocycles. The van der Waals surface area contributed by atoms with Crippen molar-refractivity contribution in [2.75, 3.05) is 6.61 Å². The molecule has 0 saturated heterocycles. The van der Waals surface area contributed by atoms with Crippen LogP contribution >= 0.6 is 11.6 Å². The van der Waals surface area contributed by atoms with Gasteiger partial charge in [0.05, 0.1) is 36.1 Å². The topological polar surface area (TPSA) is 86.1 Å². The molecule has 0 aliphatic heterocycles. The largest absolute Gasteiger partial charge is 0.466 e. The number of carbonyl (C=O) groups excluding carboxylic acids is 2. The van der Waals surface area contributed by atoms with E-state index in [9.17, 15) is 9.59 Å². The number of ether oxygens (including phenoxy) is 1. The average Bonchev–Trinajstić information content (AvgIpc) is 3.62. The van der Waals surface area contributed by atoms with Crippen molar-refractivity contribution in [1.82, 2.24) is 20.1 Å². The number of halogens is 1. The first-order valence-electron chi connectivity index (χ1n) is 12.6. The lowest BCUT2D eigenvalue weighted by molar-refractivity contribution is -0.144. The maximum absolute atomic E-state index is 13.4. The fourth-order valence-electron chi connectivity index (χ4n) is 5.06. The van der Waals surface area contributed by atoms with E-state index in [0.717, 1.165) is 42.3 Å². The summed E-state index contributed by atoms with van der Waals surface area (Å²) in [6, 6.07) is 7.82. The standard InChI is InChI=1S/C27H31ClN4O3/c1-2-35-25(33)11-17-3-8-22(9-4-17)31-27(34)24-13-21(28)12-20-15-30-32(26(20)24)16-23-10-7-19(14-29-23)18-5-6-18/h7,10,12-15,17-18,22H,2-6,8-9,11,16H2,1H3,(H,31,34). The molecule has 8 heteroatoms. The number of fused-ring (bicyclic) bond motifs is 1. The monoisotopic (exact) mass is 494 g/mol. The molecule has 1 amide bonds. The van der Waals surface area contributed by atoms with E-state index in [-0.39, 0.29) is 17.9 Å². The lowest BCUT2D eigenvalue weighted by Gasteiger charge is -2.28. The molecular formula is C27H31ClN4O3. The Balaban J connectivity index is 1.28. The summed E-state index contributed by atoms with van der Waals surface area (Å²) in [4.78, 5) is 29.8. The second-order valence-electron chi connectivity index (χ2n) is 9.75. The molecule has 0 unspecified atom stereocenters. The van der Waals surface area contributed by atoms with E-state index >= 15 is 0 Å². The summed E-state index contributed by atoms with van der Waals surface area (Å²) in [5.74, 6) is 0.705. The number of aromatic nitrogens is 3. The normalized spacial score (nSPS) is 20.1. The van der Waals surface area contributed by atoms with Gasteiger partial charge >= 0.3 is 5.97 Å². The molecule has 0 bridgehead atoms. The van der Waals surface area contributed by atoms with Crippen LogP contribution in [0.4, 0.5) is 0 Å². The Morgan fingerprint density at radius 2 is 1.91 bits per heavy atom. The van der Waals surface area contributed by atoms with E-state index in [1.54, 1.807) is 12.3 Å². The van der Waals surface area contributed by atoms with Gasteiger partial charge in [0.2, 0.25) is 0 Å². The second-order valence-corrected chi connectivity index (χ2v) is 10.2. The van der Waals surface area contributed by atoms with Crippen LogP contribution in [0.25, 0.3) is 10.9 Å². The number of nitrogens with one attached hydrogen (secondary N) is 1. The third-order valence-electron chi connectivity index (χ3n) is 7.09. The number of esters is 1. The highest BCUT2D eigenvalue weighted by Gasteiger charge is 2.26. The van der Waals surface area contributed by atoms with Crippen molar-refractivity contribution in [2.45, 2.75) is 70.4 Å². The fraction of sp³-hybridized carbons (Fsp3) is 0.481. The summed E-state index contributed by atoms with van der Waals surface area (Å²) >= 11 is 6.35. The van der Waals surface area contributed by atoms with Crippen molar-refractivity contribution >= 4 is 34.4 Å². The van der Waals surface area contributed by atoms with Crippen LogP contribution < -0.4 is 5.32 Å².